The lowest BCUT2D eigenvalue weighted by molar-refractivity contribution is -0.116. The summed E-state index contributed by atoms with van der Waals surface area (Å²) in [6, 6.07) is 15.1. The van der Waals surface area contributed by atoms with Gasteiger partial charge in [0.2, 0.25) is 5.91 Å². The van der Waals surface area contributed by atoms with Crippen molar-refractivity contribution in [1.82, 2.24) is 4.90 Å². The maximum absolute atomic E-state index is 12.1. The average Bonchev–Trinajstić information content (AvgIpc) is 2.62. The van der Waals surface area contributed by atoms with Gasteiger partial charge in [0.25, 0.3) is 0 Å². The molecular weight excluding hydrogens is 357 g/mol. The van der Waals surface area contributed by atoms with Gasteiger partial charge in [-0.3, -0.25) is 9.69 Å². The Labute approximate surface area is 158 Å². The molecule has 4 nitrogen and oxygen atoms in total. The largest absolute Gasteiger partial charge is 0.369 e. The van der Waals surface area contributed by atoms with Crippen molar-refractivity contribution in [3.63, 3.8) is 0 Å². The lowest BCUT2D eigenvalue weighted by Gasteiger charge is -2.36. The molecule has 0 bridgehead atoms. The van der Waals surface area contributed by atoms with E-state index in [-0.39, 0.29) is 5.91 Å². The van der Waals surface area contributed by atoms with Crippen LogP contribution in [0.1, 0.15) is 6.42 Å². The molecule has 1 heterocycles. The Kier molecular flexibility index (Phi) is 6.19. The Bertz CT molecular complexity index is 713. The van der Waals surface area contributed by atoms with E-state index in [4.69, 9.17) is 23.2 Å². The van der Waals surface area contributed by atoms with Crippen LogP contribution in [0.25, 0.3) is 0 Å². The summed E-state index contributed by atoms with van der Waals surface area (Å²) in [4.78, 5) is 16.7. The number of rotatable bonds is 5. The van der Waals surface area contributed by atoms with Gasteiger partial charge < -0.3 is 10.2 Å². The highest BCUT2D eigenvalue weighted by Crippen LogP contribution is 2.21. The third-order valence-corrected chi connectivity index (χ3v) is 4.82. The molecule has 25 heavy (non-hydrogen) atoms. The number of nitrogens with one attached hydrogen (secondary N) is 1. The van der Waals surface area contributed by atoms with Gasteiger partial charge in [0, 0.05) is 60.6 Å². The van der Waals surface area contributed by atoms with Crippen molar-refractivity contribution in [2.75, 3.05) is 42.9 Å². The van der Waals surface area contributed by atoms with Gasteiger partial charge in [0.15, 0.2) is 0 Å². The minimum atomic E-state index is 0.0274. The minimum Gasteiger partial charge on any atom is -0.369 e. The average molecular weight is 378 g/mol. The predicted octanol–water partition coefficient (Wildman–Crippen LogP) is 4.14. The van der Waals surface area contributed by atoms with Crippen molar-refractivity contribution in [3.05, 3.63) is 58.6 Å². The van der Waals surface area contributed by atoms with E-state index in [0.29, 0.717) is 11.4 Å². The molecule has 3 rings (SSSR count). The highest BCUT2D eigenvalue weighted by molar-refractivity contribution is 6.31. The van der Waals surface area contributed by atoms with Crippen molar-refractivity contribution < 1.29 is 4.79 Å². The van der Waals surface area contributed by atoms with Crippen LogP contribution in [0.3, 0.4) is 0 Å². The first-order valence-electron chi connectivity index (χ1n) is 8.38. The molecule has 0 unspecified atom stereocenters. The van der Waals surface area contributed by atoms with Crippen molar-refractivity contribution in [2.24, 2.45) is 0 Å². The Morgan fingerprint density at radius 3 is 2.36 bits per heavy atom. The second kappa shape index (κ2) is 8.56. The number of amides is 1. The van der Waals surface area contributed by atoms with Crippen LogP contribution in [0.2, 0.25) is 10.0 Å². The zero-order valence-electron chi connectivity index (χ0n) is 13.9. The number of hydrogen-bond donors (Lipinski definition) is 1. The molecule has 0 radical (unpaired) electrons. The molecule has 0 saturated carbocycles. The molecule has 0 aromatic heterocycles. The van der Waals surface area contributed by atoms with Crippen molar-refractivity contribution in [3.8, 4) is 0 Å². The zero-order valence-corrected chi connectivity index (χ0v) is 15.4. The normalized spacial score (nSPS) is 15.2. The Balaban J connectivity index is 1.41. The first-order valence-corrected chi connectivity index (χ1v) is 9.14. The van der Waals surface area contributed by atoms with Gasteiger partial charge in [0.1, 0.15) is 0 Å². The molecule has 0 spiro atoms. The third-order valence-electron chi connectivity index (χ3n) is 4.33. The van der Waals surface area contributed by atoms with Gasteiger partial charge in [-0.1, -0.05) is 29.3 Å². The van der Waals surface area contributed by atoms with Crippen LogP contribution >= 0.6 is 23.2 Å². The van der Waals surface area contributed by atoms with E-state index in [0.717, 1.165) is 49.1 Å². The molecular formula is C19H21Cl2N3O. The number of anilines is 2. The minimum absolute atomic E-state index is 0.0274. The van der Waals surface area contributed by atoms with Gasteiger partial charge in [-0.15, -0.1) is 0 Å². The summed E-state index contributed by atoms with van der Waals surface area (Å²) >= 11 is 11.9. The maximum Gasteiger partial charge on any atom is 0.225 e. The number of benzene rings is 2. The number of hydrogen-bond acceptors (Lipinski definition) is 3. The lowest BCUT2D eigenvalue weighted by atomic mass is 10.2. The predicted molar refractivity (Wildman–Crippen MR) is 105 cm³/mol. The summed E-state index contributed by atoms with van der Waals surface area (Å²) < 4.78 is 0. The summed E-state index contributed by atoms with van der Waals surface area (Å²) in [6.45, 7) is 4.54. The lowest BCUT2D eigenvalue weighted by Crippen LogP contribution is -2.47. The Morgan fingerprint density at radius 2 is 1.68 bits per heavy atom. The molecule has 1 N–H and O–H groups in total. The number of nitrogens with zero attached hydrogens (tertiary/aromatic N) is 2. The molecule has 0 aliphatic carbocycles. The molecule has 0 atom stereocenters. The fourth-order valence-corrected chi connectivity index (χ4v) is 3.23. The molecule has 1 saturated heterocycles. The van der Waals surface area contributed by atoms with Gasteiger partial charge in [0.05, 0.1) is 0 Å². The van der Waals surface area contributed by atoms with E-state index in [1.807, 2.05) is 30.3 Å². The van der Waals surface area contributed by atoms with Crippen LogP contribution in [0, 0.1) is 0 Å². The smallest absolute Gasteiger partial charge is 0.225 e. The van der Waals surface area contributed by atoms with Crippen LogP contribution in [-0.2, 0) is 4.79 Å². The molecule has 1 aliphatic heterocycles. The van der Waals surface area contributed by atoms with Crippen LogP contribution in [0.5, 0.6) is 0 Å². The molecule has 1 fully saturated rings. The zero-order chi connectivity index (χ0) is 17.6. The van der Waals surface area contributed by atoms with E-state index in [9.17, 15) is 4.79 Å². The topological polar surface area (TPSA) is 35.6 Å². The highest BCUT2D eigenvalue weighted by atomic mass is 35.5. The van der Waals surface area contributed by atoms with Gasteiger partial charge in [-0.2, -0.15) is 0 Å². The molecule has 1 amide bonds. The van der Waals surface area contributed by atoms with E-state index < -0.39 is 0 Å². The Morgan fingerprint density at radius 1 is 0.960 bits per heavy atom. The summed E-state index contributed by atoms with van der Waals surface area (Å²) in [5.41, 5.74) is 1.94. The van der Waals surface area contributed by atoms with E-state index in [2.05, 4.69) is 21.2 Å². The van der Waals surface area contributed by atoms with Crippen molar-refractivity contribution in [2.45, 2.75) is 6.42 Å². The van der Waals surface area contributed by atoms with Crippen LogP contribution in [0.15, 0.2) is 48.5 Å². The number of halogens is 2. The number of carbonyl (C=O) groups is 1. The molecule has 2 aromatic rings. The van der Waals surface area contributed by atoms with E-state index in [1.54, 1.807) is 12.1 Å². The molecule has 6 heteroatoms. The first kappa shape index (κ1) is 18.1. The van der Waals surface area contributed by atoms with Crippen LogP contribution < -0.4 is 10.2 Å². The number of piperazine rings is 1. The van der Waals surface area contributed by atoms with Gasteiger partial charge in [-0.25, -0.2) is 0 Å². The van der Waals surface area contributed by atoms with Crippen molar-refractivity contribution in [1.29, 1.82) is 0 Å². The van der Waals surface area contributed by atoms with Gasteiger partial charge >= 0.3 is 0 Å². The van der Waals surface area contributed by atoms with E-state index in [1.165, 1.54) is 0 Å². The maximum atomic E-state index is 12.1. The molecule has 1 aliphatic rings. The molecule has 2 aromatic carbocycles. The quantitative estimate of drug-likeness (QED) is 0.849. The van der Waals surface area contributed by atoms with Crippen LogP contribution in [-0.4, -0.2) is 43.5 Å². The van der Waals surface area contributed by atoms with Crippen molar-refractivity contribution >= 4 is 40.5 Å². The fraction of sp³-hybridized carbons (Fsp3) is 0.316. The molecule has 132 valence electrons. The van der Waals surface area contributed by atoms with Crippen LogP contribution in [0.4, 0.5) is 11.4 Å². The second-order valence-electron chi connectivity index (χ2n) is 6.11. The fourth-order valence-electron chi connectivity index (χ4n) is 2.92. The second-order valence-corrected chi connectivity index (χ2v) is 6.99. The summed E-state index contributed by atoms with van der Waals surface area (Å²) in [6.07, 6.45) is 0.486. The highest BCUT2D eigenvalue weighted by Gasteiger charge is 2.18. The summed E-state index contributed by atoms with van der Waals surface area (Å²) in [5, 5.41) is 4.33. The monoisotopic (exact) mass is 377 g/mol. The van der Waals surface area contributed by atoms with Gasteiger partial charge in [-0.05, 0) is 42.5 Å². The Hall–Kier alpha value is -1.75. The third kappa shape index (κ3) is 5.36. The number of carbonyl (C=O) groups excluding carboxylic acids is 1. The van der Waals surface area contributed by atoms with E-state index >= 15 is 0 Å². The SMILES string of the molecule is O=C(CCN1CCN(c2cccc(Cl)c2)CC1)Nc1ccc(Cl)cc1. The first-order chi connectivity index (χ1) is 12.1. The standard InChI is InChI=1S/C19H21Cl2N3O/c20-15-4-6-17(7-5-15)22-19(25)8-9-23-10-12-24(13-11-23)18-3-1-2-16(21)14-18/h1-7,14H,8-13H2,(H,22,25). The summed E-state index contributed by atoms with van der Waals surface area (Å²) in [5.74, 6) is 0.0274. The summed E-state index contributed by atoms with van der Waals surface area (Å²) in [7, 11) is 0.